The van der Waals surface area contributed by atoms with E-state index in [9.17, 15) is 4.79 Å². The highest BCUT2D eigenvalue weighted by Crippen LogP contribution is 2.31. The van der Waals surface area contributed by atoms with Crippen LogP contribution in [0, 0.1) is 0 Å². The van der Waals surface area contributed by atoms with Crippen LogP contribution in [0.2, 0.25) is 0 Å². The van der Waals surface area contributed by atoms with Crippen molar-refractivity contribution in [2.45, 2.75) is 10.9 Å². The second-order valence-corrected chi connectivity index (χ2v) is 7.17. The van der Waals surface area contributed by atoms with Crippen molar-refractivity contribution in [3.8, 4) is 0 Å². The number of fused-ring (bicyclic) bond motifs is 5. The Kier molecular flexibility index (Phi) is 4.02. The van der Waals surface area contributed by atoms with Crippen LogP contribution in [0.25, 0.3) is 27.6 Å². The van der Waals surface area contributed by atoms with Gasteiger partial charge < -0.3 is 9.15 Å². The normalized spacial score (nSPS) is 11.5. The van der Waals surface area contributed by atoms with Crippen molar-refractivity contribution in [2.24, 2.45) is 0 Å². The molecule has 0 fully saturated rings. The van der Waals surface area contributed by atoms with Crippen molar-refractivity contribution >= 4 is 45.3 Å². The lowest BCUT2D eigenvalue weighted by Crippen LogP contribution is -2.03. The zero-order valence-corrected chi connectivity index (χ0v) is 15.8. The van der Waals surface area contributed by atoms with Gasteiger partial charge in [-0.15, -0.1) is 0 Å². The van der Waals surface area contributed by atoms with Gasteiger partial charge in [0, 0.05) is 16.7 Å². The van der Waals surface area contributed by atoms with Gasteiger partial charge in [0.1, 0.15) is 5.65 Å². The van der Waals surface area contributed by atoms with E-state index < -0.39 is 5.97 Å². The Balaban J connectivity index is 1.66. The SMILES string of the molecule is COC(=O)c1occc1CSc1nc2ccccc2c2nc3ccccc3n12. The fraction of sp³-hybridized carbons (Fsp3) is 0.0952. The highest BCUT2D eigenvalue weighted by Gasteiger charge is 2.18. The molecule has 0 radical (unpaired) electrons. The van der Waals surface area contributed by atoms with Crippen molar-refractivity contribution < 1.29 is 13.9 Å². The number of ether oxygens (including phenoxy) is 1. The summed E-state index contributed by atoms with van der Waals surface area (Å²) in [5.41, 5.74) is 4.44. The number of furan rings is 1. The molecule has 0 amide bonds. The Bertz CT molecular complexity index is 1340. The predicted octanol–water partition coefficient (Wildman–Crippen LogP) is 4.71. The fourth-order valence-electron chi connectivity index (χ4n) is 3.27. The first-order chi connectivity index (χ1) is 13.8. The Labute approximate surface area is 164 Å². The molecule has 138 valence electrons. The third kappa shape index (κ3) is 2.63. The standard InChI is InChI=1S/C21H15N3O3S/c1-26-20(25)18-13(10-11-27-18)12-28-21-23-15-7-3-2-6-14(15)19-22-16-8-4-5-9-17(16)24(19)21/h2-11H,12H2,1H3. The highest BCUT2D eigenvalue weighted by molar-refractivity contribution is 7.98. The lowest BCUT2D eigenvalue weighted by molar-refractivity contribution is 0.0564. The van der Waals surface area contributed by atoms with Crippen LogP contribution < -0.4 is 0 Å². The second-order valence-electron chi connectivity index (χ2n) is 6.23. The summed E-state index contributed by atoms with van der Waals surface area (Å²) in [6.45, 7) is 0. The van der Waals surface area contributed by atoms with Crippen LogP contribution in [0.1, 0.15) is 16.1 Å². The number of rotatable bonds is 4. The lowest BCUT2D eigenvalue weighted by atomic mass is 10.2. The van der Waals surface area contributed by atoms with E-state index in [1.807, 2.05) is 48.5 Å². The quantitative estimate of drug-likeness (QED) is 0.252. The number of thioether (sulfide) groups is 1. The first-order valence-corrected chi connectivity index (χ1v) is 9.68. The molecule has 0 atom stereocenters. The highest BCUT2D eigenvalue weighted by atomic mass is 32.2. The fourth-order valence-corrected chi connectivity index (χ4v) is 4.26. The van der Waals surface area contributed by atoms with Crippen molar-refractivity contribution in [1.29, 1.82) is 0 Å². The molecule has 2 aromatic carbocycles. The van der Waals surface area contributed by atoms with Gasteiger partial charge in [0.25, 0.3) is 0 Å². The monoisotopic (exact) mass is 389 g/mol. The molecular weight excluding hydrogens is 374 g/mol. The molecule has 5 aromatic rings. The zero-order chi connectivity index (χ0) is 19.1. The maximum atomic E-state index is 11.9. The minimum Gasteiger partial charge on any atom is -0.463 e. The number of benzene rings is 2. The van der Waals surface area contributed by atoms with Gasteiger partial charge in [0.05, 0.1) is 29.9 Å². The van der Waals surface area contributed by atoms with Crippen LogP contribution in [-0.2, 0) is 10.5 Å². The zero-order valence-electron chi connectivity index (χ0n) is 15.0. The van der Waals surface area contributed by atoms with E-state index >= 15 is 0 Å². The van der Waals surface area contributed by atoms with Crippen molar-refractivity contribution in [3.05, 3.63) is 72.2 Å². The minimum atomic E-state index is -0.481. The summed E-state index contributed by atoms with van der Waals surface area (Å²) >= 11 is 1.53. The van der Waals surface area contributed by atoms with Crippen LogP contribution in [0.4, 0.5) is 0 Å². The third-order valence-corrected chi connectivity index (χ3v) is 5.57. The number of hydrogen-bond acceptors (Lipinski definition) is 6. The molecule has 0 aliphatic rings. The summed E-state index contributed by atoms with van der Waals surface area (Å²) in [7, 11) is 1.34. The van der Waals surface area contributed by atoms with Crippen LogP contribution >= 0.6 is 11.8 Å². The number of para-hydroxylation sites is 3. The van der Waals surface area contributed by atoms with Gasteiger partial charge in [-0.05, 0) is 30.3 Å². The first kappa shape index (κ1) is 16.8. The Morgan fingerprint density at radius 3 is 2.71 bits per heavy atom. The van der Waals surface area contributed by atoms with Gasteiger partial charge in [0.2, 0.25) is 5.76 Å². The lowest BCUT2D eigenvalue weighted by Gasteiger charge is -2.08. The van der Waals surface area contributed by atoms with E-state index in [-0.39, 0.29) is 5.76 Å². The van der Waals surface area contributed by atoms with E-state index in [0.717, 1.165) is 38.3 Å². The van der Waals surface area contributed by atoms with Crippen LogP contribution in [-0.4, -0.2) is 27.4 Å². The molecule has 28 heavy (non-hydrogen) atoms. The van der Waals surface area contributed by atoms with Crippen molar-refractivity contribution in [1.82, 2.24) is 14.4 Å². The van der Waals surface area contributed by atoms with Gasteiger partial charge in [-0.25, -0.2) is 14.8 Å². The van der Waals surface area contributed by atoms with E-state index in [2.05, 4.69) is 4.40 Å². The molecule has 0 saturated carbocycles. The van der Waals surface area contributed by atoms with Crippen LogP contribution in [0.15, 0.2) is 70.4 Å². The summed E-state index contributed by atoms with van der Waals surface area (Å²) < 4.78 is 12.1. The molecule has 0 aliphatic carbocycles. The van der Waals surface area contributed by atoms with Crippen molar-refractivity contribution in [3.63, 3.8) is 0 Å². The van der Waals surface area contributed by atoms with Crippen molar-refractivity contribution in [2.75, 3.05) is 7.11 Å². The summed E-state index contributed by atoms with van der Waals surface area (Å²) in [6, 6.07) is 17.8. The molecule has 7 heteroatoms. The maximum Gasteiger partial charge on any atom is 0.374 e. The summed E-state index contributed by atoms with van der Waals surface area (Å²) in [4.78, 5) is 21.6. The van der Waals surface area contributed by atoms with Crippen LogP contribution in [0.5, 0.6) is 0 Å². The number of aromatic nitrogens is 3. The number of methoxy groups -OCH3 is 1. The Hall–Kier alpha value is -3.32. The molecule has 0 bridgehead atoms. The molecule has 5 rings (SSSR count). The number of imidazole rings is 1. The largest absolute Gasteiger partial charge is 0.463 e. The first-order valence-electron chi connectivity index (χ1n) is 8.69. The van der Waals surface area contributed by atoms with E-state index in [1.165, 1.54) is 25.1 Å². The number of carbonyl (C=O) groups is 1. The van der Waals surface area contributed by atoms with E-state index in [4.69, 9.17) is 19.1 Å². The van der Waals surface area contributed by atoms with Gasteiger partial charge in [-0.2, -0.15) is 0 Å². The minimum absolute atomic E-state index is 0.225. The number of esters is 1. The predicted molar refractivity (Wildman–Crippen MR) is 108 cm³/mol. The van der Waals surface area contributed by atoms with Gasteiger partial charge >= 0.3 is 5.97 Å². The summed E-state index contributed by atoms with van der Waals surface area (Å²) in [5.74, 6) is 0.265. The Morgan fingerprint density at radius 2 is 1.86 bits per heavy atom. The van der Waals surface area contributed by atoms with Crippen LogP contribution in [0.3, 0.4) is 0 Å². The summed E-state index contributed by atoms with van der Waals surface area (Å²) in [6.07, 6.45) is 1.50. The molecule has 3 heterocycles. The average Bonchev–Trinajstić information content (AvgIpc) is 3.36. The smallest absolute Gasteiger partial charge is 0.374 e. The van der Waals surface area contributed by atoms with Gasteiger partial charge in [-0.1, -0.05) is 36.0 Å². The number of nitrogens with zero attached hydrogens (tertiary/aromatic N) is 3. The topological polar surface area (TPSA) is 69.6 Å². The molecule has 6 nitrogen and oxygen atoms in total. The molecule has 0 aliphatic heterocycles. The number of hydrogen-bond donors (Lipinski definition) is 0. The second kappa shape index (κ2) is 6.69. The summed E-state index contributed by atoms with van der Waals surface area (Å²) in [5, 5.41) is 1.81. The third-order valence-electron chi connectivity index (χ3n) is 4.59. The Morgan fingerprint density at radius 1 is 1.07 bits per heavy atom. The molecule has 0 saturated heterocycles. The molecule has 3 aromatic heterocycles. The molecular formula is C21H15N3O3S. The maximum absolute atomic E-state index is 11.9. The van der Waals surface area contributed by atoms with Gasteiger partial charge in [-0.3, -0.25) is 4.40 Å². The number of carbonyl (C=O) groups excluding carboxylic acids is 1. The van der Waals surface area contributed by atoms with Gasteiger partial charge in [0.15, 0.2) is 5.16 Å². The molecule has 0 unspecified atom stereocenters. The van der Waals surface area contributed by atoms with E-state index in [0.29, 0.717) is 5.75 Å². The molecule has 0 spiro atoms. The molecule has 0 N–H and O–H groups in total. The van der Waals surface area contributed by atoms with E-state index in [1.54, 1.807) is 6.07 Å². The average molecular weight is 389 g/mol.